The highest BCUT2D eigenvalue weighted by Gasteiger charge is 2.19. The zero-order chi connectivity index (χ0) is 30.9. The van der Waals surface area contributed by atoms with E-state index in [2.05, 4.69) is 91.0 Å². The van der Waals surface area contributed by atoms with E-state index in [1.54, 1.807) is 0 Å². The molecule has 0 amide bonds. The molecule has 0 unspecified atom stereocenters. The molecule has 0 aliphatic heterocycles. The molecule has 10 aromatic rings. The first-order chi connectivity index (χ1) is 23.3. The van der Waals surface area contributed by atoms with E-state index < -0.39 is 0 Å². The first-order valence-electron chi connectivity index (χ1n) is 15.8. The molecule has 0 fully saturated rings. The maximum atomic E-state index is 6.24. The molecule has 0 radical (unpaired) electrons. The van der Waals surface area contributed by atoms with Crippen molar-refractivity contribution in [2.24, 2.45) is 0 Å². The van der Waals surface area contributed by atoms with E-state index in [1.165, 1.54) is 32.3 Å². The lowest BCUT2D eigenvalue weighted by Gasteiger charge is -2.14. The van der Waals surface area contributed by atoms with Gasteiger partial charge in [0.05, 0.1) is 0 Å². The predicted octanol–water partition coefficient (Wildman–Crippen LogP) is 11.4. The van der Waals surface area contributed by atoms with E-state index >= 15 is 0 Å². The van der Waals surface area contributed by atoms with Crippen LogP contribution in [0, 0.1) is 0 Å². The first-order valence-corrected chi connectivity index (χ1v) is 15.8. The minimum Gasteiger partial charge on any atom is -0.456 e. The van der Waals surface area contributed by atoms with Gasteiger partial charge in [-0.15, -0.1) is 0 Å². The van der Waals surface area contributed by atoms with Gasteiger partial charge in [-0.3, -0.25) is 0 Å². The van der Waals surface area contributed by atoms with Crippen molar-refractivity contribution in [3.8, 4) is 34.2 Å². The van der Waals surface area contributed by atoms with Crippen molar-refractivity contribution in [2.75, 3.05) is 0 Å². The van der Waals surface area contributed by atoms with Crippen molar-refractivity contribution in [1.29, 1.82) is 0 Å². The van der Waals surface area contributed by atoms with Gasteiger partial charge in [-0.2, -0.15) is 0 Å². The van der Waals surface area contributed by atoms with Crippen LogP contribution in [-0.2, 0) is 0 Å². The van der Waals surface area contributed by atoms with Gasteiger partial charge >= 0.3 is 0 Å². The fourth-order valence-corrected chi connectivity index (χ4v) is 7.17. The van der Waals surface area contributed by atoms with Crippen LogP contribution < -0.4 is 0 Å². The van der Waals surface area contributed by atoms with E-state index in [4.69, 9.17) is 19.4 Å². The Balaban J connectivity index is 1.28. The zero-order valence-electron chi connectivity index (χ0n) is 25.2. The smallest absolute Gasteiger partial charge is 0.164 e. The summed E-state index contributed by atoms with van der Waals surface area (Å²) in [7, 11) is 0. The molecule has 2 heterocycles. The van der Waals surface area contributed by atoms with Gasteiger partial charge in [0.1, 0.15) is 11.2 Å². The van der Waals surface area contributed by atoms with Gasteiger partial charge in [0.15, 0.2) is 17.5 Å². The largest absolute Gasteiger partial charge is 0.456 e. The Bertz CT molecular complexity index is 2850. The summed E-state index contributed by atoms with van der Waals surface area (Å²) in [6.45, 7) is 0. The van der Waals surface area contributed by atoms with E-state index in [0.717, 1.165) is 49.4 Å². The molecular weight excluding hydrogens is 574 g/mol. The molecule has 0 spiro atoms. The fourth-order valence-electron chi connectivity index (χ4n) is 7.17. The average molecular weight is 600 g/mol. The molecule has 10 rings (SSSR count). The molecule has 47 heavy (non-hydrogen) atoms. The van der Waals surface area contributed by atoms with Crippen LogP contribution in [0.4, 0.5) is 0 Å². The normalized spacial score (nSPS) is 11.8. The average Bonchev–Trinajstić information content (AvgIpc) is 3.53. The van der Waals surface area contributed by atoms with E-state index in [-0.39, 0.29) is 0 Å². The summed E-state index contributed by atoms with van der Waals surface area (Å²) in [5.74, 6) is 1.88. The fraction of sp³-hybridized carbons (Fsp3) is 0. The molecular formula is C43H25N3O. The third-order valence-corrected chi connectivity index (χ3v) is 9.32. The van der Waals surface area contributed by atoms with Crippen molar-refractivity contribution >= 4 is 65.0 Å². The Morgan fingerprint density at radius 1 is 0.319 bits per heavy atom. The summed E-state index contributed by atoms with van der Waals surface area (Å²) in [6, 6.07) is 52.8. The van der Waals surface area contributed by atoms with Gasteiger partial charge in [-0.05, 0) is 49.8 Å². The summed E-state index contributed by atoms with van der Waals surface area (Å²) >= 11 is 0. The lowest BCUT2D eigenvalue weighted by Crippen LogP contribution is -2.01. The number of aromatic nitrogens is 3. The third kappa shape index (κ3) is 3.98. The summed E-state index contributed by atoms with van der Waals surface area (Å²) in [5, 5.41) is 11.7. The van der Waals surface area contributed by atoms with Crippen LogP contribution in [0.3, 0.4) is 0 Å². The summed E-state index contributed by atoms with van der Waals surface area (Å²) in [5.41, 5.74) is 4.47. The zero-order valence-corrected chi connectivity index (χ0v) is 25.2. The van der Waals surface area contributed by atoms with Crippen molar-refractivity contribution < 1.29 is 4.42 Å². The molecule has 4 nitrogen and oxygen atoms in total. The standard InChI is InChI=1S/C43H25N3O/c1-2-11-28(12-3-1)41-44-42(46-43(45-41)36-17-9-19-38-40(36)34-15-6-7-18-37(34)47-38)35-16-8-13-27-21-23-32-31-22-20-26-10-4-5-14-29(26)30(31)24-25-33(32)39(27)35/h1-25H. The van der Waals surface area contributed by atoms with Crippen LogP contribution in [0.25, 0.3) is 99.2 Å². The van der Waals surface area contributed by atoms with Crippen LogP contribution in [0.1, 0.15) is 0 Å². The molecule has 0 aliphatic rings. The van der Waals surface area contributed by atoms with Crippen molar-refractivity contribution in [3.05, 3.63) is 152 Å². The highest BCUT2D eigenvalue weighted by molar-refractivity contribution is 6.24. The Morgan fingerprint density at radius 3 is 1.72 bits per heavy atom. The number of rotatable bonds is 3. The molecule has 0 saturated heterocycles. The maximum Gasteiger partial charge on any atom is 0.164 e. The summed E-state index contributed by atoms with van der Waals surface area (Å²) in [4.78, 5) is 15.5. The highest BCUT2D eigenvalue weighted by Crippen LogP contribution is 2.40. The first kappa shape index (κ1) is 25.9. The Hall–Kier alpha value is -6.39. The van der Waals surface area contributed by atoms with E-state index in [9.17, 15) is 0 Å². The van der Waals surface area contributed by atoms with Gasteiger partial charge in [0, 0.05) is 32.8 Å². The Labute approximate surface area is 269 Å². The summed E-state index contributed by atoms with van der Waals surface area (Å²) < 4.78 is 6.24. The molecule has 0 saturated carbocycles. The lowest BCUT2D eigenvalue weighted by molar-refractivity contribution is 0.669. The molecule has 8 aromatic carbocycles. The van der Waals surface area contributed by atoms with Crippen LogP contribution in [0.5, 0.6) is 0 Å². The molecule has 0 bridgehead atoms. The third-order valence-electron chi connectivity index (χ3n) is 9.32. The number of para-hydroxylation sites is 1. The minimum absolute atomic E-state index is 0.611. The SMILES string of the molecule is c1ccc(-c2nc(-c3cccc4ccc5c6ccc7ccccc7c6ccc5c34)nc(-c3cccc4oc5ccccc5c34)n2)cc1. The van der Waals surface area contributed by atoms with Gasteiger partial charge in [-0.25, -0.2) is 15.0 Å². The van der Waals surface area contributed by atoms with Crippen LogP contribution in [0.2, 0.25) is 0 Å². The van der Waals surface area contributed by atoms with Gasteiger partial charge in [-0.1, -0.05) is 140 Å². The van der Waals surface area contributed by atoms with E-state index in [0.29, 0.717) is 17.5 Å². The second kappa shape index (κ2) is 10.1. The lowest BCUT2D eigenvalue weighted by atomic mass is 9.92. The predicted molar refractivity (Wildman–Crippen MR) is 193 cm³/mol. The monoisotopic (exact) mass is 599 g/mol. The number of furan rings is 1. The molecule has 0 N–H and O–H groups in total. The van der Waals surface area contributed by atoms with Crippen LogP contribution in [0.15, 0.2) is 156 Å². The molecule has 218 valence electrons. The van der Waals surface area contributed by atoms with Gasteiger partial charge < -0.3 is 4.42 Å². The van der Waals surface area contributed by atoms with Crippen LogP contribution >= 0.6 is 0 Å². The Morgan fingerprint density at radius 2 is 0.872 bits per heavy atom. The van der Waals surface area contributed by atoms with Gasteiger partial charge in [0.25, 0.3) is 0 Å². The number of fused-ring (bicyclic) bond motifs is 10. The molecule has 0 aliphatic carbocycles. The number of benzene rings is 8. The molecule has 4 heteroatoms. The van der Waals surface area contributed by atoms with E-state index in [1.807, 2.05) is 60.7 Å². The van der Waals surface area contributed by atoms with Crippen molar-refractivity contribution in [2.45, 2.75) is 0 Å². The van der Waals surface area contributed by atoms with Crippen molar-refractivity contribution in [3.63, 3.8) is 0 Å². The second-order valence-electron chi connectivity index (χ2n) is 12.0. The maximum absolute atomic E-state index is 6.24. The second-order valence-corrected chi connectivity index (χ2v) is 12.0. The quantitative estimate of drug-likeness (QED) is 0.190. The van der Waals surface area contributed by atoms with Crippen LogP contribution in [-0.4, -0.2) is 15.0 Å². The summed E-state index contributed by atoms with van der Waals surface area (Å²) in [6.07, 6.45) is 0. The number of nitrogens with zero attached hydrogens (tertiary/aromatic N) is 3. The van der Waals surface area contributed by atoms with Crippen molar-refractivity contribution in [1.82, 2.24) is 15.0 Å². The minimum atomic E-state index is 0.611. The van der Waals surface area contributed by atoms with Gasteiger partial charge in [0.2, 0.25) is 0 Å². The molecule has 0 atom stereocenters. The molecule has 2 aromatic heterocycles. The number of hydrogen-bond acceptors (Lipinski definition) is 4. The topological polar surface area (TPSA) is 51.8 Å². The number of hydrogen-bond donors (Lipinski definition) is 0. The highest BCUT2D eigenvalue weighted by atomic mass is 16.3. The Kier molecular flexibility index (Phi) is 5.54.